The van der Waals surface area contributed by atoms with Crippen LogP contribution in [-0.4, -0.2) is 53.7 Å². The van der Waals surface area contributed by atoms with Gasteiger partial charge >= 0.3 is 0 Å². The molecule has 0 aromatic carbocycles. The Bertz CT molecular complexity index is 574. The van der Waals surface area contributed by atoms with Crippen LogP contribution in [0.5, 0.6) is 0 Å². The second-order valence-electron chi connectivity index (χ2n) is 8.03. The number of methoxy groups -OCH3 is 2. The normalized spacial score (nSPS) is 32.3. The van der Waals surface area contributed by atoms with Gasteiger partial charge in [-0.3, -0.25) is 4.79 Å². The molecule has 0 unspecified atom stereocenters. The summed E-state index contributed by atoms with van der Waals surface area (Å²) in [5, 5.41) is 2.80. The van der Waals surface area contributed by atoms with Crippen molar-refractivity contribution < 1.29 is 23.7 Å². The van der Waals surface area contributed by atoms with Crippen LogP contribution in [0.3, 0.4) is 0 Å². The molecule has 0 saturated carbocycles. The molecule has 1 amide bonds. The molecule has 0 radical (unpaired) electrons. The van der Waals surface area contributed by atoms with Crippen molar-refractivity contribution in [2.75, 3.05) is 20.8 Å². The molecule has 1 rings (SSSR count). The van der Waals surface area contributed by atoms with Gasteiger partial charge in [0.25, 0.3) is 9.70 Å². The second kappa shape index (κ2) is 8.34. The minimum absolute atomic E-state index is 0.248. The number of hydrogen-bond acceptors (Lipinski definition) is 5. The van der Waals surface area contributed by atoms with E-state index in [1.165, 1.54) is 14.2 Å². The maximum absolute atomic E-state index is 12.2. The lowest BCUT2D eigenvalue weighted by molar-refractivity contribution is -0.425. The molecule has 1 aliphatic heterocycles. The summed E-state index contributed by atoms with van der Waals surface area (Å²) in [7, 11) is 3.05. The lowest BCUT2D eigenvalue weighted by atomic mass is 9.74. The fourth-order valence-corrected chi connectivity index (χ4v) is 2.60. The molecule has 4 atom stereocenters. The van der Waals surface area contributed by atoms with Crippen LogP contribution in [0.25, 0.3) is 0 Å². The smallest absolute Gasteiger partial charge is 0.272 e. The number of nitrogens with one attached hydrogen (secondary N) is 1. The molecule has 0 aromatic rings. The Morgan fingerprint density at radius 3 is 2.04 bits per heavy atom. The van der Waals surface area contributed by atoms with Gasteiger partial charge in [-0.05, 0) is 26.2 Å². The molecule has 0 bridgehead atoms. The van der Waals surface area contributed by atoms with Gasteiger partial charge in [0.1, 0.15) is 6.10 Å². The minimum Gasteiger partial charge on any atom is -0.349 e. The summed E-state index contributed by atoms with van der Waals surface area (Å²) in [4.78, 5) is 12.2. The van der Waals surface area contributed by atoms with Crippen LogP contribution in [0, 0.1) is 5.41 Å². The van der Waals surface area contributed by atoms with Crippen LogP contribution in [0.4, 0.5) is 0 Å². The molecule has 158 valence electrons. The van der Waals surface area contributed by atoms with Gasteiger partial charge in [0.2, 0.25) is 11.6 Å². The van der Waals surface area contributed by atoms with Crippen molar-refractivity contribution in [1.29, 1.82) is 0 Å². The van der Waals surface area contributed by atoms with Gasteiger partial charge in [0.15, 0.2) is 0 Å². The highest BCUT2D eigenvalue weighted by Crippen LogP contribution is 2.38. The molecular formula is C18H30Cl3NO5. The van der Waals surface area contributed by atoms with Crippen molar-refractivity contribution in [1.82, 2.24) is 5.32 Å². The Hall–Kier alpha value is -0.0800. The van der Waals surface area contributed by atoms with Gasteiger partial charge in [0.05, 0.1) is 12.1 Å². The Kier molecular flexibility index (Phi) is 7.71. The lowest BCUT2D eigenvalue weighted by Gasteiger charge is -2.48. The highest BCUT2D eigenvalue weighted by molar-refractivity contribution is 6.76. The van der Waals surface area contributed by atoms with Crippen LogP contribution in [0.15, 0.2) is 12.2 Å². The molecule has 6 nitrogen and oxygen atoms in total. The Labute approximate surface area is 176 Å². The number of ether oxygens (including phenoxy) is 4. The Balaban J connectivity index is 3.07. The van der Waals surface area contributed by atoms with E-state index in [0.29, 0.717) is 0 Å². The maximum Gasteiger partial charge on any atom is 0.272 e. The molecule has 1 heterocycles. The van der Waals surface area contributed by atoms with Gasteiger partial charge in [-0.1, -0.05) is 67.7 Å². The second-order valence-corrected chi connectivity index (χ2v) is 10.3. The first-order valence-electron chi connectivity index (χ1n) is 8.54. The lowest BCUT2D eigenvalue weighted by Crippen LogP contribution is -2.62. The molecule has 0 aromatic heterocycles. The minimum atomic E-state index is -2.06. The van der Waals surface area contributed by atoms with E-state index >= 15 is 0 Å². The van der Waals surface area contributed by atoms with Crippen molar-refractivity contribution in [3.05, 3.63) is 12.2 Å². The van der Waals surface area contributed by atoms with Crippen molar-refractivity contribution in [3.63, 3.8) is 0 Å². The number of amides is 1. The Morgan fingerprint density at radius 2 is 1.63 bits per heavy atom. The summed E-state index contributed by atoms with van der Waals surface area (Å²) < 4.78 is 20.8. The van der Waals surface area contributed by atoms with Gasteiger partial charge < -0.3 is 24.3 Å². The summed E-state index contributed by atoms with van der Waals surface area (Å²) in [6, 6.07) is 0. The first-order valence-corrected chi connectivity index (χ1v) is 9.68. The Morgan fingerprint density at radius 1 is 1.11 bits per heavy atom. The molecule has 0 spiro atoms. The van der Waals surface area contributed by atoms with Crippen molar-refractivity contribution in [2.24, 2.45) is 5.41 Å². The van der Waals surface area contributed by atoms with Gasteiger partial charge in [0, 0.05) is 14.2 Å². The average Bonchev–Trinajstić information content (AvgIpc) is 2.54. The van der Waals surface area contributed by atoms with Gasteiger partial charge in [-0.2, -0.15) is 0 Å². The van der Waals surface area contributed by atoms with Crippen LogP contribution in [-0.2, 0) is 23.7 Å². The average molecular weight is 447 g/mol. The standard InChI is InChI=1S/C18H30Cl3NO5/c1-14(2,3)15(4,22-13(23)18(19,20)21)10-9-12-11-26-16(5,24-7)17(6,25-8)27-12/h9-10,12H,11H2,1-8H3,(H,22,23)/b10-9+/t12-,15+,16-,17-/m1/s1. The summed E-state index contributed by atoms with van der Waals surface area (Å²) in [6.45, 7) is 11.5. The number of alkyl halides is 3. The van der Waals surface area contributed by atoms with Gasteiger partial charge in [-0.15, -0.1) is 0 Å². The first-order chi connectivity index (χ1) is 12.0. The molecule has 1 aliphatic rings. The van der Waals surface area contributed by atoms with E-state index < -0.39 is 32.9 Å². The molecule has 27 heavy (non-hydrogen) atoms. The predicted molar refractivity (Wildman–Crippen MR) is 107 cm³/mol. The maximum atomic E-state index is 12.2. The predicted octanol–water partition coefficient (Wildman–Crippen LogP) is 3.97. The number of carbonyl (C=O) groups excluding carboxylic acids is 1. The van der Waals surface area contributed by atoms with Gasteiger partial charge in [-0.25, -0.2) is 0 Å². The number of hydrogen-bond donors (Lipinski definition) is 1. The summed E-state index contributed by atoms with van der Waals surface area (Å²) >= 11 is 17.1. The van der Waals surface area contributed by atoms with Crippen LogP contribution in [0.2, 0.25) is 0 Å². The quantitative estimate of drug-likeness (QED) is 0.511. The first kappa shape index (κ1) is 25.0. The van der Waals surface area contributed by atoms with E-state index in [0.717, 1.165) is 0 Å². The third-order valence-electron chi connectivity index (χ3n) is 5.34. The molecule has 1 saturated heterocycles. The number of halogens is 3. The highest BCUT2D eigenvalue weighted by Gasteiger charge is 2.53. The zero-order valence-electron chi connectivity index (χ0n) is 17.1. The van der Waals surface area contributed by atoms with Crippen molar-refractivity contribution in [2.45, 2.75) is 68.6 Å². The molecular weight excluding hydrogens is 417 g/mol. The molecule has 0 aliphatic carbocycles. The van der Waals surface area contributed by atoms with Crippen molar-refractivity contribution in [3.8, 4) is 0 Å². The van der Waals surface area contributed by atoms with E-state index in [1.54, 1.807) is 19.9 Å². The zero-order chi connectivity index (χ0) is 21.3. The highest BCUT2D eigenvalue weighted by atomic mass is 35.6. The number of carbonyl (C=O) groups is 1. The van der Waals surface area contributed by atoms with E-state index in [2.05, 4.69) is 5.32 Å². The summed E-state index contributed by atoms with van der Waals surface area (Å²) in [5.74, 6) is -2.87. The third kappa shape index (κ3) is 5.50. The molecule has 1 N–H and O–H groups in total. The fraction of sp³-hybridized carbons (Fsp3) is 0.833. The van der Waals surface area contributed by atoms with E-state index in [1.807, 2.05) is 33.8 Å². The monoisotopic (exact) mass is 445 g/mol. The SMILES string of the molecule is CO[C@]1(C)OC[C@@H](/C=C/[C@](C)(NC(=O)C(Cl)(Cl)Cl)C(C)(C)C)O[C@@]1(C)OC. The van der Waals surface area contributed by atoms with E-state index in [4.69, 9.17) is 53.8 Å². The van der Waals surface area contributed by atoms with Crippen LogP contribution < -0.4 is 5.32 Å². The van der Waals surface area contributed by atoms with E-state index in [-0.39, 0.29) is 12.0 Å². The van der Waals surface area contributed by atoms with Crippen molar-refractivity contribution >= 4 is 40.7 Å². The topological polar surface area (TPSA) is 66.0 Å². The number of rotatable bonds is 5. The van der Waals surface area contributed by atoms with Crippen LogP contribution >= 0.6 is 34.8 Å². The van der Waals surface area contributed by atoms with E-state index in [9.17, 15) is 4.79 Å². The third-order valence-corrected chi connectivity index (χ3v) is 5.85. The summed E-state index contributed by atoms with van der Waals surface area (Å²) in [5.41, 5.74) is -1.20. The fourth-order valence-electron chi connectivity index (χ4n) is 2.46. The van der Waals surface area contributed by atoms with Crippen LogP contribution in [0.1, 0.15) is 41.5 Å². The molecule has 1 fully saturated rings. The zero-order valence-corrected chi connectivity index (χ0v) is 19.4. The largest absolute Gasteiger partial charge is 0.349 e. The molecule has 9 heteroatoms. The summed E-state index contributed by atoms with van der Waals surface area (Å²) in [6.07, 6.45) is 3.20.